The molecule has 5 rings (SSSR count). The molecule has 1 saturated carbocycles. The van der Waals surface area contributed by atoms with E-state index >= 15 is 0 Å². The minimum absolute atomic E-state index is 0.0697. The van der Waals surface area contributed by atoms with E-state index in [0.717, 1.165) is 38.8 Å². The van der Waals surface area contributed by atoms with Crippen LogP contribution in [0.2, 0.25) is 0 Å². The van der Waals surface area contributed by atoms with E-state index in [1.54, 1.807) is 25.3 Å². The van der Waals surface area contributed by atoms with Crippen molar-refractivity contribution in [3.63, 3.8) is 0 Å². The van der Waals surface area contributed by atoms with Gasteiger partial charge in [0.1, 0.15) is 5.82 Å². The monoisotopic (exact) mass is 490 g/mol. The second-order valence-electron chi connectivity index (χ2n) is 10.6. The van der Waals surface area contributed by atoms with Crippen molar-refractivity contribution in [3.8, 4) is 11.8 Å². The number of halogens is 2. The van der Waals surface area contributed by atoms with E-state index in [1.165, 1.54) is 6.07 Å². The molecule has 0 aliphatic heterocycles. The smallest absolute Gasteiger partial charge is 0.341 e. The first kappa shape index (κ1) is 24.0. The van der Waals surface area contributed by atoms with E-state index in [1.807, 2.05) is 26.0 Å². The van der Waals surface area contributed by atoms with Crippen LogP contribution in [0.15, 0.2) is 36.5 Å². The highest BCUT2D eigenvalue weighted by Gasteiger charge is 2.44. The standard InChI is InChI=1S/C28H28F2N4O2/c1-16-12-19(4-5-21(16)29)34-23-13-18-15-32-33-22(18)14-20(23)24(25(34)27(2,3)10-11-31)17-6-8-28(30,9-7-17)26(35)36/h4-5,12-15,17H,6-10H2,1-3H3,(H,32,33)(H,35,36)/t17-,28+. The van der Waals surface area contributed by atoms with Gasteiger partial charge in [0.2, 0.25) is 5.67 Å². The highest BCUT2D eigenvalue weighted by atomic mass is 19.1. The summed E-state index contributed by atoms with van der Waals surface area (Å²) in [5.41, 5.74) is 2.12. The van der Waals surface area contributed by atoms with Gasteiger partial charge >= 0.3 is 5.97 Å². The molecule has 8 heteroatoms. The van der Waals surface area contributed by atoms with Crippen molar-refractivity contribution < 1.29 is 18.7 Å². The minimum atomic E-state index is -2.22. The molecule has 0 bridgehead atoms. The van der Waals surface area contributed by atoms with Gasteiger partial charge in [-0.1, -0.05) is 13.8 Å². The first-order chi connectivity index (χ1) is 17.1. The summed E-state index contributed by atoms with van der Waals surface area (Å²) in [6.07, 6.45) is 2.60. The average molecular weight is 491 g/mol. The number of carbonyl (C=O) groups is 1. The van der Waals surface area contributed by atoms with Crippen molar-refractivity contribution in [3.05, 3.63) is 59.2 Å². The number of carboxylic acid groups (broad SMARTS) is 1. The molecule has 186 valence electrons. The summed E-state index contributed by atoms with van der Waals surface area (Å²) in [6, 6.07) is 11.3. The number of aromatic nitrogens is 3. The lowest BCUT2D eigenvalue weighted by molar-refractivity contribution is -0.153. The van der Waals surface area contributed by atoms with Crippen LogP contribution in [0.3, 0.4) is 0 Å². The maximum absolute atomic E-state index is 15.0. The number of carboxylic acids is 1. The van der Waals surface area contributed by atoms with Crippen molar-refractivity contribution in [2.24, 2.45) is 0 Å². The highest BCUT2D eigenvalue weighted by molar-refractivity contribution is 5.99. The number of aromatic amines is 1. The predicted molar refractivity (Wildman–Crippen MR) is 134 cm³/mol. The molecule has 2 aromatic heterocycles. The molecule has 1 fully saturated rings. The molecule has 4 aromatic rings. The lowest BCUT2D eigenvalue weighted by Gasteiger charge is -2.34. The van der Waals surface area contributed by atoms with Gasteiger partial charge in [-0.05, 0) is 80.0 Å². The normalized spacial score (nSPS) is 20.6. The zero-order valence-corrected chi connectivity index (χ0v) is 20.5. The van der Waals surface area contributed by atoms with Crippen LogP contribution in [0, 0.1) is 24.1 Å². The van der Waals surface area contributed by atoms with Gasteiger partial charge < -0.3 is 9.67 Å². The highest BCUT2D eigenvalue weighted by Crippen LogP contribution is 2.49. The van der Waals surface area contributed by atoms with E-state index in [4.69, 9.17) is 0 Å². The third kappa shape index (κ3) is 3.74. The Balaban J connectivity index is 1.83. The summed E-state index contributed by atoms with van der Waals surface area (Å²) in [4.78, 5) is 11.6. The number of benzene rings is 2. The average Bonchev–Trinajstić information content (AvgIpc) is 3.42. The Labute approximate surface area is 207 Å². The molecule has 1 aliphatic carbocycles. The van der Waals surface area contributed by atoms with Gasteiger partial charge in [0.25, 0.3) is 0 Å². The van der Waals surface area contributed by atoms with Crippen LogP contribution in [0.5, 0.6) is 0 Å². The summed E-state index contributed by atoms with van der Waals surface area (Å²) < 4.78 is 31.3. The molecule has 6 nitrogen and oxygen atoms in total. The quantitative estimate of drug-likeness (QED) is 0.330. The summed E-state index contributed by atoms with van der Waals surface area (Å²) >= 11 is 0. The Kier molecular flexibility index (Phi) is 5.62. The van der Waals surface area contributed by atoms with Gasteiger partial charge in [-0.15, -0.1) is 0 Å². The first-order valence-corrected chi connectivity index (χ1v) is 12.1. The third-order valence-corrected chi connectivity index (χ3v) is 7.70. The minimum Gasteiger partial charge on any atom is -0.479 e. The number of nitriles is 1. The Bertz CT molecular complexity index is 1530. The molecule has 36 heavy (non-hydrogen) atoms. The second kappa shape index (κ2) is 8.44. The number of hydrogen-bond acceptors (Lipinski definition) is 3. The van der Waals surface area contributed by atoms with Gasteiger partial charge in [0, 0.05) is 34.0 Å². The van der Waals surface area contributed by atoms with Crippen molar-refractivity contribution in [2.45, 2.75) is 69.9 Å². The maximum atomic E-state index is 15.0. The van der Waals surface area contributed by atoms with Gasteiger partial charge in [-0.2, -0.15) is 10.4 Å². The second-order valence-corrected chi connectivity index (χ2v) is 10.6. The number of fused-ring (bicyclic) bond motifs is 2. The number of alkyl halides is 1. The lowest BCUT2D eigenvalue weighted by Crippen LogP contribution is -2.37. The third-order valence-electron chi connectivity index (χ3n) is 7.70. The molecule has 0 saturated heterocycles. The van der Waals surface area contributed by atoms with Crippen LogP contribution < -0.4 is 0 Å². The maximum Gasteiger partial charge on any atom is 0.341 e. The van der Waals surface area contributed by atoms with Crippen molar-refractivity contribution in [1.82, 2.24) is 14.8 Å². The molecule has 0 spiro atoms. The van der Waals surface area contributed by atoms with E-state index in [-0.39, 0.29) is 31.0 Å². The lowest BCUT2D eigenvalue weighted by atomic mass is 9.73. The Morgan fingerprint density at radius 2 is 2.03 bits per heavy atom. The fourth-order valence-electron chi connectivity index (χ4n) is 5.72. The molecule has 2 aromatic carbocycles. The van der Waals surface area contributed by atoms with Crippen LogP contribution >= 0.6 is 0 Å². The van der Waals surface area contributed by atoms with E-state index in [0.29, 0.717) is 18.4 Å². The van der Waals surface area contributed by atoms with Gasteiger partial charge in [-0.3, -0.25) is 5.10 Å². The number of rotatable bonds is 5. The fourth-order valence-corrected chi connectivity index (χ4v) is 5.72. The largest absolute Gasteiger partial charge is 0.479 e. The predicted octanol–water partition coefficient (Wildman–Crippen LogP) is 6.60. The van der Waals surface area contributed by atoms with Crippen LogP contribution in [0.25, 0.3) is 27.5 Å². The number of H-pyrrole nitrogens is 1. The molecule has 0 unspecified atom stereocenters. The van der Waals surface area contributed by atoms with Gasteiger partial charge in [0.15, 0.2) is 0 Å². The number of aryl methyl sites for hydroxylation is 1. The first-order valence-electron chi connectivity index (χ1n) is 12.1. The number of hydrogen-bond donors (Lipinski definition) is 2. The van der Waals surface area contributed by atoms with Crippen LogP contribution in [-0.2, 0) is 10.2 Å². The van der Waals surface area contributed by atoms with Crippen molar-refractivity contribution in [1.29, 1.82) is 5.26 Å². The summed E-state index contributed by atoms with van der Waals surface area (Å²) in [6.45, 7) is 5.73. The summed E-state index contributed by atoms with van der Waals surface area (Å²) in [5.74, 6) is -1.80. The molecule has 0 atom stereocenters. The Morgan fingerprint density at radius 1 is 1.31 bits per heavy atom. The molecule has 1 aliphatic rings. The number of nitrogens with one attached hydrogen (secondary N) is 1. The Hall–Kier alpha value is -3.73. The topological polar surface area (TPSA) is 94.7 Å². The fraction of sp³-hybridized carbons (Fsp3) is 0.393. The van der Waals surface area contributed by atoms with Gasteiger partial charge in [-0.25, -0.2) is 13.6 Å². The Morgan fingerprint density at radius 3 is 2.67 bits per heavy atom. The molecule has 0 radical (unpaired) electrons. The van der Waals surface area contributed by atoms with Crippen LogP contribution in [0.4, 0.5) is 8.78 Å². The zero-order valence-electron chi connectivity index (χ0n) is 20.5. The molecule has 2 N–H and O–H groups in total. The van der Waals surface area contributed by atoms with Crippen molar-refractivity contribution >= 4 is 27.8 Å². The summed E-state index contributed by atoms with van der Waals surface area (Å²) in [5, 5.41) is 28.2. The molecule has 0 amide bonds. The number of nitrogens with zero attached hydrogens (tertiary/aromatic N) is 3. The molecule has 2 heterocycles. The van der Waals surface area contributed by atoms with Crippen LogP contribution in [-0.4, -0.2) is 31.5 Å². The van der Waals surface area contributed by atoms with E-state index < -0.39 is 17.1 Å². The number of aliphatic carboxylic acids is 1. The summed E-state index contributed by atoms with van der Waals surface area (Å²) in [7, 11) is 0. The molecular weight excluding hydrogens is 462 g/mol. The van der Waals surface area contributed by atoms with Crippen molar-refractivity contribution in [2.75, 3.05) is 0 Å². The SMILES string of the molecule is Cc1cc(-n2c(C(C)(C)CC#N)c([C@H]3CC[C@](F)(C(=O)O)CC3)c3cc4[nH]ncc4cc32)ccc1F. The zero-order chi connectivity index (χ0) is 25.8. The van der Waals surface area contributed by atoms with E-state index in [9.17, 15) is 23.9 Å². The van der Waals surface area contributed by atoms with Crippen LogP contribution in [0.1, 0.15) is 68.7 Å². The van der Waals surface area contributed by atoms with E-state index in [2.05, 4.69) is 20.8 Å². The molecular formula is C28H28F2N4O2. The van der Waals surface area contributed by atoms with Gasteiger partial charge in [0.05, 0.1) is 23.3 Å².